The molecule has 2 aromatic carbocycles. The molecule has 1 aromatic heterocycles. The van der Waals surface area contributed by atoms with Gasteiger partial charge < -0.3 is 0 Å². The first kappa shape index (κ1) is 14.3. The lowest BCUT2D eigenvalue weighted by molar-refractivity contribution is 0.630. The molecule has 108 valence electrons. The number of aromatic amines is 1. The van der Waals surface area contributed by atoms with Gasteiger partial charge in [0.25, 0.3) is 0 Å². The van der Waals surface area contributed by atoms with Crippen LogP contribution in [0, 0.1) is 17.1 Å². The van der Waals surface area contributed by atoms with Crippen LogP contribution in [0.5, 0.6) is 0 Å². The number of halogens is 1. The van der Waals surface area contributed by atoms with Gasteiger partial charge in [0.2, 0.25) is 5.16 Å². The van der Waals surface area contributed by atoms with Crippen molar-refractivity contribution in [3.05, 3.63) is 65.5 Å². The summed E-state index contributed by atoms with van der Waals surface area (Å²) in [6, 6.07) is 16.0. The lowest BCUT2D eigenvalue weighted by atomic mass is 10.1. The van der Waals surface area contributed by atoms with Crippen LogP contribution in [0.15, 0.2) is 53.7 Å². The molecule has 3 aromatic rings. The lowest BCUT2D eigenvalue weighted by Gasteiger charge is -2.00. The molecule has 3 rings (SSSR count). The van der Waals surface area contributed by atoms with E-state index in [2.05, 4.69) is 21.3 Å². The van der Waals surface area contributed by atoms with Crippen LogP contribution < -0.4 is 0 Å². The number of aromatic nitrogens is 3. The predicted molar refractivity (Wildman–Crippen MR) is 82.5 cm³/mol. The number of H-pyrrole nitrogens is 1. The van der Waals surface area contributed by atoms with Crippen molar-refractivity contribution in [2.75, 3.05) is 0 Å². The summed E-state index contributed by atoms with van der Waals surface area (Å²) >= 11 is 1.40. The average Bonchev–Trinajstić information content (AvgIpc) is 3.02. The Hall–Kier alpha value is -2.65. The molecule has 0 amide bonds. The Morgan fingerprint density at radius 3 is 2.73 bits per heavy atom. The zero-order valence-corrected chi connectivity index (χ0v) is 12.3. The van der Waals surface area contributed by atoms with Crippen molar-refractivity contribution < 1.29 is 4.39 Å². The molecule has 0 fully saturated rings. The van der Waals surface area contributed by atoms with E-state index >= 15 is 0 Å². The second-order valence-corrected chi connectivity index (χ2v) is 5.45. The van der Waals surface area contributed by atoms with E-state index in [9.17, 15) is 4.39 Å². The van der Waals surface area contributed by atoms with Crippen molar-refractivity contribution >= 4 is 11.8 Å². The third-order valence-corrected chi connectivity index (χ3v) is 3.98. The molecule has 0 aliphatic carbocycles. The van der Waals surface area contributed by atoms with E-state index in [1.807, 2.05) is 18.2 Å². The summed E-state index contributed by atoms with van der Waals surface area (Å²) in [4.78, 5) is 4.29. The van der Waals surface area contributed by atoms with Gasteiger partial charge in [-0.1, -0.05) is 42.1 Å². The van der Waals surface area contributed by atoms with Crippen LogP contribution in [0.1, 0.15) is 11.1 Å². The molecule has 0 bridgehead atoms. The van der Waals surface area contributed by atoms with Gasteiger partial charge in [-0.05, 0) is 23.8 Å². The van der Waals surface area contributed by atoms with Crippen molar-refractivity contribution in [3.8, 4) is 17.5 Å². The summed E-state index contributed by atoms with van der Waals surface area (Å²) < 4.78 is 13.7. The maximum absolute atomic E-state index is 13.7. The van der Waals surface area contributed by atoms with Gasteiger partial charge in [-0.2, -0.15) is 5.26 Å². The highest BCUT2D eigenvalue weighted by Crippen LogP contribution is 2.24. The highest BCUT2D eigenvalue weighted by molar-refractivity contribution is 7.98. The molecular weight excluding hydrogens is 299 g/mol. The van der Waals surface area contributed by atoms with Crippen LogP contribution in [-0.2, 0) is 5.75 Å². The molecule has 0 spiro atoms. The first-order chi connectivity index (χ1) is 10.8. The third-order valence-electron chi connectivity index (χ3n) is 3.09. The molecule has 0 unspecified atom stereocenters. The van der Waals surface area contributed by atoms with Crippen LogP contribution in [-0.4, -0.2) is 15.2 Å². The summed E-state index contributed by atoms with van der Waals surface area (Å²) in [5.41, 5.74) is 1.95. The summed E-state index contributed by atoms with van der Waals surface area (Å²) in [5.74, 6) is 0.636. The van der Waals surface area contributed by atoms with Gasteiger partial charge in [0, 0.05) is 5.75 Å². The Bertz CT molecular complexity index is 838. The van der Waals surface area contributed by atoms with Crippen LogP contribution in [0.25, 0.3) is 11.4 Å². The number of nitrogens with zero attached hydrogens (tertiary/aromatic N) is 3. The summed E-state index contributed by atoms with van der Waals surface area (Å²) in [6.07, 6.45) is 0. The fraction of sp³-hybridized carbons (Fsp3) is 0.0625. The van der Waals surface area contributed by atoms with Crippen LogP contribution in [0.4, 0.5) is 4.39 Å². The zero-order chi connectivity index (χ0) is 15.4. The lowest BCUT2D eigenvalue weighted by Crippen LogP contribution is -1.87. The Balaban J connectivity index is 1.76. The van der Waals surface area contributed by atoms with Crippen LogP contribution in [0.2, 0.25) is 0 Å². The van der Waals surface area contributed by atoms with Crippen molar-refractivity contribution in [2.45, 2.75) is 10.9 Å². The smallest absolute Gasteiger partial charge is 0.209 e. The van der Waals surface area contributed by atoms with Gasteiger partial charge in [-0.15, -0.1) is 5.10 Å². The Morgan fingerprint density at radius 2 is 1.91 bits per heavy atom. The molecule has 6 heteroatoms. The van der Waals surface area contributed by atoms with Gasteiger partial charge in [0.05, 0.1) is 17.2 Å². The highest BCUT2D eigenvalue weighted by Gasteiger charge is 2.10. The van der Waals surface area contributed by atoms with Crippen molar-refractivity contribution in [1.29, 1.82) is 5.26 Å². The third kappa shape index (κ3) is 3.00. The number of benzene rings is 2. The minimum absolute atomic E-state index is 0.343. The second-order valence-electron chi connectivity index (χ2n) is 4.50. The van der Waals surface area contributed by atoms with E-state index < -0.39 is 0 Å². The van der Waals surface area contributed by atoms with E-state index in [1.165, 1.54) is 17.8 Å². The number of nitrogens with one attached hydrogen (secondary N) is 1. The van der Waals surface area contributed by atoms with Gasteiger partial charge in [-0.3, -0.25) is 5.10 Å². The minimum atomic E-state index is -0.343. The zero-order valence-electron chi connectivity index (χ0n) is 11.5. The SMILES string of the molecule is N#Cc1ccccc1CSc1n[nH]c(-c2ccccc2F)n1. The molecule has 1 heterocycles. The summed E-state index contributed by atoms with van der Waals surface area (Å²) in [7, 11) is 0. The predicted octanol–water partition coefficient (Wildman–Crippen LogP) is 3.77. The molecule has 0 radical (unpaired) electrons. The first-order valence-corrected chi connectivity index (χ1v) is 7.54. The Labute approximate surface area is 131 Å². The Kier molecular flexibility index (Phi) is 4.17. The maximum atomic E-state index is 13.7. The topological polar surface area (TPSA) is 65.4 Å². The number of thioether (sulfide) groups is 1. The molecule has 0 atom stereocenters. The molecule has 22 heavy (non-hydrogen) atoms. The van der Waals surface area contributed by atoms with Crippen molar-refractivity contribution in [3.63, 3.8) is 0 Å². The molecule has 0 saturated heterocycles. The van der Waals surface area contributed by atoms with E-state index in [4.69, 9.17) is 5.26 Å². The summed E-state index contributed by atoms with van der Waals surface area (Å²) in [5, 5.41) is 16.4. The molecule has 1 N–H and O–H groups in total. The van der Waals surface area contributed by atoms with E-state index in [0.717, 1.165) is 5.56 Å². The minimum Gasteiger partial charge on any atom is -0.258 e. The number of rotatable bonds is 4. The molecule has 0 saturated carbocycles. The Morgan fingerprint density at radius 1 is 1.14 bits per heavy atom. The van der Waals surface area contributed by atoms with Crippen LogP contribution >= 0.6 is 11.8 Å². The fourth-order valence-corrected chi connectivity index (χ4v) is 2.78. The van der Waals surface area contributed by atoms with Gasteiger partial charge >= 0.3 is 0 Å². The largest absolute Gasteiger partial charge is 0.258 e. The normalized spacial score (nSPS) is 10.4. The highest BCUT2D eigenvalue weighted by atomic mass is 32.2. The quantitative estimate of drug-likeness (QED) is 0.745. The molecule has 0 aliphatic rings. The first-order valence-electron chi connectivity index (χ1n) is 6.56. The molecular formula is C16H11FN4S. The van der Waals surface area contributed by atoms with Gasteiger partial charge in [0.15, 0.2) is 5.82 Å². The van der Waals surface area contributed by atoms with E-state index in [-0.39, 0.29) is 5.82 Å². The standard InChI is InChI=1S/C16H11FN4S/c17-14-8-4-3-7-13(14)15-19-16(21-20-15)22-10-12-6-2-1-5-11(12)9-18/h1-8H,10H2,(H,19,20,21). The number of nitriles is 1. The molecule has 4 nitrogen and oxygen atoms in total. The van der Waals surface area contributed by atoms with Gasteiger partial charge in [-0.25, -0.2) is 9.37 Å². The maximum Gasteiger partial charge on any atom is 0.209 e. The van der Waals surface area contributed by atoms with Gasteiger partial charge in [0.1, 0.15) is 5.82 Å². The fourth-order valence-electron chi connectivity index (χ4n) is 1.98. The summed E-state index contributed by atoms with van der Waals surface area (Å²) in [6.45, 7) is 0. The average molecular weight is 310 g/mol. The van der Waals surface area contributed by atoms with E-state index in [1.54, 1.807) is 24.3 Å². The number of hydrogen-bond donors (Lipinski definition) is 1. The molecule has 0 aliphatic heterocycles. The van der Waals surface area contributed by atoms with Crippen molar-refractivity contribution in [2.24, 2.45) is 0 Å². The number of hydrogen-bond acceptors (Lipinski definition) is 4. The van der Waals surface area contributed by atoms with Crippen LogP contribution in [0.3, 0.4) is 0 Å². The van der Waals surface area contributed by atoms with E-state index in [0.29, 0.717) is 27.9 Å². The monoisotopic (exact) mass is 310 g/mol. The van der Waals surface area contributed by atoms with Crippen molar-refractivity contribution in [1.82, 2.24) is 15.2 Å². The second kappa shape index (κ2) is 6.41.